The quantitative estimate of drug-likeness (QED) is 0.943. The molecule has 2 heterocycles. The number of hydrogen-bond acceptors (Lipinski definition) is 3. The summed E-state index contributed by atoms with van der Waals surface area (Å²) in [4.78, 5) is 13.9. The molecule has 1 aromatic carbocycles. The molecular formula is C18H20FNO3. The van der Waals surface area contributed by atoms with Crippen LogP contribution in [0.15, 0.2) is 40.8 Å². The first-order chi connectivity index (χ1) is 11.1. The maximum atomic E-state index is 13.7. The van der Waals surface area contributed by atoms with Gasteiger partial charge in [0, 0.05) is 25.9 Å². The fourth-order valence-electron chi connectivity index (χ4n) is 2.89. The number of furan rings is 1. The van der Waals surface area contributed by atoms with E-state index in [1.54, 1.807) is 35.2 Å². The molecule has 122 valence electrons. The van der Waals surface area contributed by atoms with Crippen molar-refractivity contribution in [3.63, 3.8) is 0 Å². The van der Waals surface area contributed by atoms with Gasteiger partial charge in [0.2, 0.25) is 5.91 Å². The van der Waals surface area contributed by atoms with Crippen molar-refractivity contribution in [1.82, 2.24) is 4.90 Å². The third kappa shape index (κ3) is 3.79. The predicted molar refractivity (Wildman–Crippen MR) is 84.2 cm³/mol. The summed E-state index contributed by atoms with van der Waals surface area (Å²) in [6, 6.07) is 9.95. The molecule has 1 aromatic heterocycles. The van der Waals surface area contributed by atoms with Crippen LogP contribution in [0.25, 0.3) is 11.3 Å². The van der Waals surface area contributed by atoms with Crippen molar-refractivity contribution < 1.29 is 18.7 Å². The number of carbonyl (C=O) groups is 1. The van der Waals surface area contributed by atoms with Crippen LogP contribution in [0.2, 0.25) is 0 Å². The molecule has 1 saturated heterocycles. The van der Waals surface area contributed by atoms with Crippen LogP contribution in [0.4, 0.5) is 4.39 Å². The van der Waals surface area contributed by atoms with Crippen molar-refractivity contribution in [3.8, 4) is 11.3 Å². The van der Waals surface area contributed by atoms with Gasteiger partial charge in [-0.05, 0) is 37.1 Å². The lowest BCUT2D eigenvalue weighted by Gasteiger charge is -2.30. The maximum absolute atomic E-state index is 13.7. The Morgan fingerprint density at radius 2 is 2.13 bits per heavy atom. The third-order valence-corrected chi connectivity index (χ3v) is 4.14. The first-order valence-corrected chi connectivity index (χ1v) is 7.93. The zero-order valence-corrected chi connectivity index (χ0v) is 12.9. The number of amides is 1. The minimum absolute atomic E-state index is 0.0209. The van der Waals surface area contributed by atoms with Gasteiger partial charge in [-0.15, -0.1) is 0 Å². The highest BCUT2D eigenvalue weighted by atomic mass is 19.1. The number of nitrogens with zero attached hydrogens (tertiary/aromatic N) is 1. The first kappa shape index (κ1) is 15.7. The molecule has 0 bridgehead atoms. The van der Waals surface area contributed by atoms with Gasteiger partial charge in [-0.3, -0.25) is 4.79 Å². The van der Waals surface area contributed by atoms with Gasteiger partial charge in [-0.1, -0.05) is 12.1 Å². The van der Waals surface area contributed by atoms with Crippen molar-refractivity contribution in [3.05, 3.63) is 48.0 Å². The third-order valence-electron chi connectivity index (χ3n) is 4.14. The average Bonchev–Trinajstić information content (AvgIpc) is 3.02. The van der Waals surface area contributed by atoms with Crippen LogP contribution >= 0.6 is 0 Å². The van der Waals surface area contributed by atoms with Crippen LogP contribution < -0.4 is 0 Å². The van der Waals surface area contributed by atoms with Gasteiger partial charge in [-0.2, -0.15) is 0 Å². The molecule has 0 radical (unpaired) electrons. The van der Waals surface area contributed by atoms with Crippen molar-refractivity contribution in [2.75, 3.05) is 13.1 Å². The number of aliphatic hydroxyl groups is 1. The summed E-state index contributed by atoms with van der Waals surface area (Å²) in [7, 11) is 0. The predicted octanol–water partition coefficient (Wildman–Crippen LogP) is 3.00. The minimum atomic E-state index is -0.413. The Kier molecular flexibility index (Phi) is 4.76. The number of halogens is 1. The molecule has 4 nitrogen and oxygen atoms in total. The summed E-state index contributed by atoms with van der Waals surface area (Å²) in [6.07, 6.45) is 1.99. The summed E-state index contributed by atoms with van der Waals surface area (Å²) < 4.78 is 19.4. The number of hydrogen-bond donors (Lipinski definition) is 1. The number of benzene rings is 1. The normalized spacial score (nSPS) is 18.2. The van der Waals surface area contributed by atoms with Gasteiger partial charge in [0.15, 0.2) is 0 Å². The summed E-state index contributed by atoms with van der Waals surface area (Å²) >= 11 is 0. The second-order valence-electron chi connectivity index (χ2n) is 5.88. The summed E-state index contributed by atoms with van der Waals surface area (Å²) in [5.41, 5.74) is 0.421. The van der Waals surface area contributed by atoms with E-state index in [0.29, 0.717) is 43.0 Å². The van der Waals surface area contributed by atoms with Gasteiger partial charge in [0.05, 0.1) is 11.7 Å². The first-order valence-electron chi connectivity index (χ1n) is 7.93. The highest BCUT2D eigenvalue weighted by molar-refractivity contribution is 5.76. The lowest BCUT2D eigenvalue weighted by Crippen LogP contribution is -2.42. The van der Waals surface area contributed by atoms with Gasteiger partial charge >= 0.3 is 0 Å². The summed E-state index contributed by atoms with van der Waals surface area (Å²) in [5.74, 6) is 0.826. The van der Waals surface area contributed by atoms with Crippen molar-refractivity contribution in [2.45, 2.75) is 31.8 Å². The molecular weight excluding hydrogens is 297 g/mol. The maximum Gasteiger partial charge on any atom is 0.223 e. The second-order valence-corrected chi connectivity index (χ2v) is 5.88. The smallest absolute Gasteiger partial charge is 0.223 e. The Morgan fingerprint density at radius 1 is 1.30 bits per heavy atom. The van der Waals surface area contributed by atoms with Crippen LogP contribution in [-0.2, 0) is 11.2 Å². The van der Waals surface area contributed by atoms with E-state index in [2.05, 4.69) is 0 Å². The van der Waals surface area contributed by atoms with E-state index in [4.69, 9.17) is 4.42 Å². The summed E-state index contributed by atoms with van der Waals surface area (Å²) in [6.45, 7) is 1.12. The molecule has 2 aromatic rings. The van der Waals surface area contributed by atoms with Crippen LogP contribution in [0.5, 0.6) is 0 Å². The molecule has 0 aliphatic carbocycles. The highest BCUT2D eigenvalue weighted by Crippen LogP contribution is 2.25. The molecule has 1 unspecified atom stereocenters. The fourth-order valence-corrected chi connectivity index (χ4v) is 2.89. The number of aryl methyl sites for hydroxylation is 1. The molecule has 0 spiro atoms. The van der Waals surface area contributed by atoms with E-state index in [9.17, 15) is 14.3 Å². The molecule has 1 N–H and O–H groups in total. The van der Waals surface area contributed by atoms with E-state index in [1.165, 1.54) is 6.07 Å². The van der Waals surface area contributed by atoms with E-state index in [-0.39, 0.29) is 11.7 Å². The molecule has 1 aliphatic rings. The van der Waals surface area contributed by atoms with E-state index < -0.39 is 6.10 Å². The molecule has 1 atom stereocenters. The molecule has 23 heavy (non-hydrogen) atoms. The zero-order valence-electron chi connectivity index (χ0n) is 12.9. The SMILES string of the molecule is O=C(CCc1ccc(-c2ccccc2F)o1)N1CCCC(O)C1. The molecule has 5 heteroatoms. The standard InChI is InChI=1S/C18H20FNO3/c19-16-6-2-1-5-15(16)17-9-7-14(23-17)8-10-18(22)20-11-3-4-13(21)12-20/h1-2,5-7,9,13,21H,3-4,8,10-12H2. The largest absolute Gasteiger partial charge is 0.461 e. The Labute approximate surface area is 134 Å². The van der Waals surface area contributed by atoms with Crippen molar-refractivity contribution in [1.29, 1.82) is 0 Å². The Morgan fingerprint density at radius 3 is 2.91 bits per heavy atom. The van der Waals surface area contributed by atoms with Crippen molar-refractivity contribution >= 4 is 5.91 Å². The van der Waals surface area contributed by atoms with Crippen LogP contribution in [0, 0.1) is 5.82 Å². The molecule has 1 amide bonds. The number of carbonyl (C=O) groups excluding carboxylic acids is 1. The Bertz CT molecular complexity index is 682. The topological polar surface area (TPSA) is 53.7 Å². The summed E-state index contributed by atoms with van der Waals surface area (Å²) in [5, 5.41) is 9.62. The van der Waals surface area contributed by atoms with Crippen LogP contribution in [-0.4, -0.2) is 35.1 Å². The highest BCUT2D eigenvalue weighted by Gasteiger charge is 2.22. The zero-order chi connectivity index (χ0) is 16.2. The Hall–Kier alpha value is -2.14. The number of aliphatic hydroxyl groups excluding tert-OH is 1. The van der Waals surface area contributed by atoms with E-state index >= 15 is 0 Å². The van der Waals surface area contributed by atoms with E-state index in [0.717, 1.165) is 12.8 Å². The average molecular weight is 317 g/mol. The van der Waals surface area contributed by atoms with Crippen molar-refractivity contribution in [2.24, 2.45) is 0 Å². The van der Waals surface area contributed by atoms with Gasteiger partial charge in [0.1, 0.15) is 17.3 Å². The number of piperidine rings is 1. The lowest BCUT2D eigenvalue weighted by atomic mass is 10.1. The number of rotatable bonds is 4. The van der Waals surface area contributed by atoms with E-state index in [1.807, 2.05) is 0 Å². The second kappa shape index (κ2) is 6.96. The molecule has 1 aliphatic heterocycles. The Balaban J connectivity index is 1.59. The lowest BCUT2D eigenvalue weighted by molar-refractivity contribution is -0.134. The number of β-amino-alcohol motifs (C(OH)–C–C–N with tert-alkyl or cyclic N) is 1. The number of likely N-dealkylation sites (tertiary alicyclic amines) is 1. The fraction of sp³-hybridized carbons (Fsp3) is 0.389. The monoisotopic (exact) mass is 317 g/mol. The van der Waals surface area contributed by atoms with Crippen LogP contribution in [0.3, 0.4) is 0 Å². The molecule has 1 fully saturated rings. The minimum Gasteiger partial charge on any atom is -0.461 e. The van der Waals surface area contributed by atoms with Gasteiger partial charge in [-0.25, -0.2) is 4.39 Å². The van der Waals surface area contributed by atoms with Gasteiger partial charge < -0.3 is 14.4 Å². The molecule has 3 rings (SSSR count). The van der Waals surface area contributed by atoms with Crippen LogP contribution in [0.1, 0.15) is 25.0 Å². The molecule has 0 saturated carbocycles. The van der Waals surface area contributed by atoms with Gasteiger partial charge in [0.25, 0.3) is 0 Å².